The number of likely N-dealkylation sites (N-methyl/N-ethyl adjacent to an activating group) is 1. The van der Waals surface area contributed by atoms with Crippen LogP contribution in [0.2, 0.25) is 0 Å². The van der Waals surface area contributed by atoms with E-state index in [2.05, 4.69) is 15.9 Å². The van der Waals surface area contributed by atoms with E-state index >= 15 is 0 Å². The molecule has 0 fully saturated rings. The van der Waals surface area contributed by atoms with Gasteiger partial charge in [-0.1, -0.05) is 22.9 Å². The lowest BCUT2D eigenvalue weighted by Crippen LogP contribution is -2.40. The van der Waals surface area contributed by atoms with Gasteiger partial charge in [0.05, 0.1) is 6.54 Å². The highest BCUT2D eigenvalue weighted by atomic mass is 79.9. The highest BCUT2D eigenvalue weighted by molar-refractivity contribution is 9.10. The molecule has 5 nitrogen and oxygen atoms in total. The lowest BCUT2D eigenvalue weighted by Gasteiger charge is -2.21. The number of carbonyl (C=O) groups excluding carboxylic acids is 1. The molecule has 15 heavy (non-hydrogen) atoms. The van der Waals surface area contributed by atoms with Crippen LogP contribution in [0.5, 0.6) is 0 Å². The maximum atomic E-state index is 11.6. The molecule has 0 aromatic carbocycles. The molecule has 0 radical (unpaired) electrons. The van der Waals surface area contributed by atoms with Crippen molar-refractivity contribution >= 4 is 31.9 Å². The van der Waals surface area contributed by atoms with E-state index in [1.807, 2.05) is 6.92 Å². The number of alkyl halides is 1. The lowest BCUT2D eigenvalue weighted by molar-refractivity contribution is -0.128. The molecule has 7 heteroatoms. The van der Waals surface area contributed by atoms with Gasteiger partial charge in [-0.2, -0.15) is 4.31 Å². The average molecular weight is 301 g/mol. The fourth-order valence-corrected chi connectivity index (χ4v) is 2.70. The van der Waals surface area contributed by atoms with Gasteiger partial charge in [0.15, 0.2) is 0 Å². The van der Waals surface area contributed by atoms with Gasteiger partial charge >= 0.3 is 0 Å². The zero-order valence-corrected chi connectivity index (χ0v) is 11.6. The SMILES string of the molecule is CCCN(CC(=O)N(C)C)S(=O)(=O)CBr. The van der Waals surface area contributed by atoms with Crippen molar-refractivity contribution in [2.45, 2.75) is 13.3 Å². The normalized spacial score (nSPS) is 11.8. The molecule has 0 saturated carbocycles. The van der Waals surface area contributed by atoms with Gasteiger partial charge in [-0.25, -0.2) is 8.42 Å². The van der Waals surface area contributed by atoms with Crippen LogP contribution in [0.3, 0.4) is 0 Å². The van der Waals surface area contributed by atoms with Crippen LogP contribution in [0.15, 0.2) is 0 Å². The van der Waals surface area contributed by atoms with Crippen LogP contribution in [0.25, 0.3) is 0 Å². The van der Waals surface area contributed by atoms with Crippen molar-refractivity contribution in [3.05, 3.63) is 0 Å². The summed E-state index contributed by atoms with van der Waals surface area (Å²) < 4.78 is 24.2. The van der Waals surface area contributed by atoms with Crippen molar-refractivity contribution in [1.29, 1.82) is 0 Å². The standard InChI is InChI=1S/C8H17BrN2O3S/c1-4-5-11(15(13,14)7-9)6-8(12)10(2)3/h4-7H2,1-3H3. The largest absolute Gasteiger partial charge is 0.348 e. The summed E-state index contributed by atoms with van der Waals surface area (Å²) in [5.41, 5.74) is 0. The molecule has 0 saturated heterocycles. The van der Waals surface area contributed by atoms with Crippen LogP contribution in [0, 0.1) is 0 Å². The smallest absolute Gasteiger partial charge is 0.237 e. The van der Waals surface area contributed by atoms with Crippen molar-refractivity contribution in [3.63, 3.8) is 0 Å². The van der Waals surface area contributed by atoms with Crippen molar-refractivity contribution in [2.24, 2.45) is 0 Å². The number of halogens is 1. The van der Waals surface area contributed by atoms with Crippen molar-refractivity contribution in [2.75, 3.05) is 31.8 Å². The first-order chi connectivity index (χ1) is 6.85. The molecule has 0 bridgehead atoms. The Morgan fingerprint density at radius 2 is 1.87 bits per heavy atom. The number of hydrogen-bond donors (Lipinski definition) is 0. The second kappa shape index (κ2) is 6.44. The Kier molecular flexibility index (Phi) is 6.38. The third-order valence-electron chi connectivity index (χ3n) is 1.81. The van der Waals surface area contributed by atoms with E-state index in [1.165, 1.54) is 9.21 Å². The van der Waals surface area contributed by atoms with Crippen molar-refractivity contribution in [1.82, 2.24) is 9.21 Å². The van der Waals surface area contributed by atoms with Gasteiger partial charge in [-0.3, -0.25) is 4.79 Å². The first kappa shape index (κ1) is 14.9. The highest BCUT2D eigenvalue weighted by Gasteiger charge is 2.23. The van der Waals surface area contributed by atoms with Gasteiger partial charge in [-0.05, 0) is 6.42 Å². The molecule has 0 aromatic rings. The van der Waals surface area contributed by atoms with E-state index in [-0.39, 0.29) is 17.1 Å². The topological polar surface area (TPSA) is 57.7 Å². The average Bonchev–Trinajstić information content (AvgIpc) is 2.16. The van der Waals surface area contributed by atoms with Crippen LogP contribution in [-0.4, -0.2) is 55.4 Å². The van der Waals surface area contributed by atoms with E-state index in [9.17, 15) is 13.2 Å². The molecule has 0 rings (SSSR count). The first-order valence-electron chi connectivity index (χ1n) is 4.59. The summed E-state index contributed by atoms with van der Waals surface area (Å²) in [7, 11) is -0.140. The molecular formula is C8H17BrN2O3S. The first-order valence-corrected chi connectivity index (χ1v) is 7.32. The second-order valence-corrected chi connectivity index (χ2v) is 6.61. The molecular weight excluding hydrogens is 284 g/mol. The highest BCUT2D eigenvalue weighted by Crippen LogP contribution is 2.06. The van der Waals surface area contributed by atoms with Gasteiger partial charge in [0.1, 0.15) is 4.66 Å². The molecule has 0 N–H and O–H groups in total. The van der Waals surface area contributed by atoms with Crippen molar-refractivity contribution in [3.8, 4) is 0 Å². The molecule has 90 valence electrons. The quantitative estimate of drug-likeness (QED) is 0.670. The summed E-state index contributed by atoms with van der Waals surface area (Å²) in [6.07, 6.45) is 0.687. The van der Waals surface area contributed by atoms with Gasteiger partial charge < -0.3 is 4.90 Å². The summed E-state index contributed by atoms with van der Waals surface area (Å²) in [4.78, 5) is 12.8. The third kappa shape index (κ3) is 4.94. The van der Waals surface area contributed by atoms with Crippen LogP contribution >= 0.6 is 15.9 Å². The molecule has 0 spiro atoms. The Bertz CT molecular complexity index is 303. The zero-order valence-electron chi connectivity index (χ0n) is 9.23. The molecule has 0 atom stereocenters. The number of rotatable bonds is 6. The zero-order chi connectivity index (χ0) is 12.1. The van der Waals surface area contributed by atoms with Gasteiger partial charge in [0.2, 0.25) is 15.9 Å². The number of carbonyl (C=O) groups is 1. The van der Waals surface area contributed by atoms with E-state index < -0.39 is 10.0 Å². The van der Waals surface area contributed by atoms with Crippen LogP contribution < -0.4 is 0 Å². The number of nitrogens with zero attached hydrogens (tertiary/aromatic N) is 2. The van der Waals surface area contributed by atoms with Crippen molar-refractivity contribution < 1.29 is 13.2 Å². The predicted octanol–water partition coefficient (Wildman–Crippen LogP) is 0.469. The molecule has 0 aliphatic heterocycles. The number of amides is 1. The summed E-state index contributed by atoms with van der Waals surface area (Å²) in [6, 6.07) is 0. The second-order valence-electron chi connectivity index (χ2n) is 3.34. The minimum Gasteiger partial charge on any atom is -0.348 e. The van der Waals surface area contributed by atoms with Gasteiger partial charge in [-0.15, -0.1) is 0 Å². The van der Waals surface area contributed by atoms with Crippen LogP contribution in [-0.2, 0) is 14.8 Å². The predicted molar refractivity (Wildman–Crippen MR) is 63.3 cm³/mol. The summed E-state index contributed by atoms with van der Waals surface area (Å²) >= 11 is 2.91. The summed E-state index contributed by atoms with van der Waals surface area (Å²) in [5, 5.41) is 0. The molecule has 0 unspecified atom stereocenters. The van der Waals surface area contributed by atoms with E-state index in [0.717, 1.165) is 0 Å². The van der Waals surface area contributed by atoms with E-state index in [1.54, 1.807) is 14.1 Å². The molecule has 0 heterocycles. The third-order valence-corrected chi connectivity index (χ3v) is 4.92. The number of hydrogen-bond acceptors (Lipinski definition) is 3. The fraction of sp³-hybridized carbons (Fsp3) is 0.875. The summed E-state index contributed by atoms with van der Waals surface area (Å²) in [5.74, 6) is -0.215. The Hall–Kier alpha value is -0.140. The molecule has 0 aromatic heterocycles. The van der Waals surface area contributed by atoms with E-state index in [0.29, 0.717) is 13.0 Å². The summed E-state index contributed by atoms with van der Waals surface area (Å²) in [6.45, 7) is 2.15. The molecule has 0 aliphatic carbocycles. The molecule has 1 amide bonds. The maximum Gasteiger partial charge on any atom is 0.237 e. The van der Waals surface area contributed by atoms with Crippen LogP contribution in [0.4, 0.5) is 0 Å². The molecule has 0 aliphatic rings. The minimum absolute atomic E-state index is 0.0885. The lowest BCUT2D eigenvalue weighted by atomic mass is 10.4. The Balaban J connectivity index is 4.62. The maximum absolute atomic E-state index is 11.6. The monoisotopic (exact) mass is 300 g/mol. The Labute approximate surface area is 99.6 Å². The van der Waals surface area contributed by atoms with Crippen LogP contribution in [0.1, 0.15) is 13.3 Å². The van der Waals surface area contributed by atoms with Gasteiger partial charge in [0, 0.05) is 20.6 Å². The fourth-order valence-electron chi connectivity index (χ4n) is 0.927. The van der Waals surface area contributed by atoms with Gasteiger partial charge in [0.25, 0.3) is 0 Å². The Morgan fingerprint density at radius 1 is 1.33 bits per heavy atom. The number of sulfonamides is 1. The van der Waals surface area contributed by atoms with E-state index in [4.69, 9.17) is 0 Å². The Morgan fingerprint density at radius 3 is 2.20 bits per heavy atom. The minimum atomic E-state index is -3.35.